The summed E-state index contributed by atoms with van der Waals surface area (Å²) in [5.41, 5.74) is 2.48. The summed E-state index contributed by atoms with van der Waals surface area (Å²) >= 11 is 0. The van der Waals surface area contributed by atoms with E-state index in [9.17, 15) is 0 Å². The van der Waals surface area contributed by atoms with Crippen molar-refractivity contribution in [2.45, 2.75) is 32.7 Å². The van der Waals surface area contributed by atoms with Crippen molar-refractivity contribution in [1.82, 2.24) is 9.88 Å². The van der Waals surface area contributed by atoms with Crippen LogP contribution in [0.15, 0.2) is 36.5 Å². The molecule has 0 saturated carbocycles. The summed E-state index contributed by atoms with van der Waals surface area (Å²) in [6.45, 7) is 7.02. The molecule has 1 aliphatic rings. The van der Waals surface area contributed by atoms with Gasteiger partial charge in [-0.2, -0.15) is 0 Å². The molecule has 0 N–H and O–H groups in total. The van der Waals surface area contributed by atoms with Gasteiger partial charge in [0.2, 0.25) is 0 Å². The number of hydrogen-bond acceptors (Lipinski definition) is 2. The van der Waals surface area contributed by atoms with Gasteiger partial charge in [0, 0.05) is 24.2 Å². The highest BCUT2D eigenvalue weighted by Gasteiger charge is 2.26. The third-order valence-electron chi connectivity index (χ3n) is 3.96. The van der Waals surface area contributed by atoms with E-state index in [1.807, 2.05) is 0 Å². The van der Waals surface area contributed by atoms with Gasteiger partial charge in [-0.15, -0.1) is 0 Å². The van der Waals surface area contributed by atoms with Crippen molar-refractivity contribution in [2.24, 2.45) is 5.92 Å². The first kappa shape index (κ1) is 12.6. The number of pyridine rings is 1. The van der Waals surface area contributed by atoms with Crippen molar-refractivity contribution in [3.8, 4) is 0 Å². The average molecular weight is 254 g/mol. The van der Waals surface area contributed by atoms with E-state index in [4.69, 9.17) is 0 Å². The number of fused-ring (bicyclic) bond motifs is 1. The maximum atomic E-state index is 4.61. The molecule has 1 aromatic heterocycles. The molecule has 0 spiro atoms. The molecule has 1 atom stereocenters. The summed E-state index contributed by atoms with van der Waals surface area (Å²) < 4.78 is 0. The van der Waals surface area contributed by atoms with Crippen molar-refractivity contribution in [2.75, 3.05) is 13.1 Å². The van der Waals surface area contributed by atoms with Crippen LogP contribution >= 0.6 is 0 Å². The highest BCUT2D eigenvalue weighted by molar-refractivity contribution is 5.78. The standard InChI is InChI=1S/C17H22N2/c1-13(2)12-19-9-5-8-17(19)15-10-14-6-3-4-7-16(14)18-11-15/h3-4,6-7,10-11,13,17H,5,8-9,12H2,1-2H3/t17-/m1/s1. The molecule has 0 aliphatic carbocycles. The molecule has 19 heavy (non-hydrogen) atoms. The second kappa shape index (κ2) is 5.30. The van der Waals surface area contributed by atoms with Crippen molar-refractivity contribution >= 4 is 10.9 Å². The Bertz CT molecular complexity index is 562. The molecule has 3 rings (SSSR count). The van der Waals surface area contributed by atoms with E-state index in [1.165, 1.54) is 36.9 Å². The molecule has 0 bridgehead atoms. The number of benzene rings is 1. The molecule has 1 aliphatic heterocycles. The second-order valence-electron chi connectivity index (χ2n) is 6.01. The zero-order valence-electron chi connectivity index (χ0n) is 11.8. The number of rotatable bonds is 3. The van der Waals surface area contributed by atoms with E-state index in [0.717, 1.165) is 11.4 Å². The van der Waals surface area contributed by atoms with Crippen LogP contribution in [0, 0.1) is 5.92 Å². The predicted molar refractivity (Wildman–Crippen MR) is 80.1 cm³/mol. The highest BCUT2D eigenvalue weighted by atomic mass is 15.2. The van der Waals surface area contributed by atoms with E-state index < -0.39 is 0 Å². The molecule has 1 fully saturated rings. The Morgan fingerprint density at radius 2 is 2.16 bits per heavy atom. The lowest BCUT2D eigenvalue weighted by Gasteiger charge is -2.26. The van der Waals surface area contributed by atoms with Crippen LogP contribution in [0.4, 0.5) is 0 Å². The van der Waals surface area contributed by atoms with Gasteiger partial charge in [0.1, 0.15) is 0 Å². The fourth-order valence-electron chi connectivity index (χ4n) is 3.16. The monoisotopic (exact) mass is 254 g/mol. The molecular formula is C17H22N2. The Hall–Kier alpha value is -1.41. The minimum absolute atomic E-state index is 0.569. The topological polar surface area (TPSA) is 16.1 Å². The van der Waals surface area contributed by atoms with Crippen LogP contribution in [-0.4, -0.2) is 23.0 Å². The van der Waals surface area contributed by atoms with Gasteiger partial charge in [-0.05, 0) is 43.0 Å². The molecule has 2 heterocycles. The molecule has 2 heteroatoms. The second-order valence-corrected chi connectivity index (χ2v) is 6.01. The molecule has 2 aromatic rings. The normalized spacial score (nSPS) is 20.5. The lowest BCUT2D eigenvalue weighted by Crippen LogP contribution is -2.27. The SMILES string of the molecule is CC(C)CN1CCC[C@@H]1c1cnc2ccccc2c1. The van der Waals surface area contributed by atoms with Gasteiger partial charge in [0.25, 0.3) is 0 Å². The Morgan fingerprint density at radius 1 is 1.32 bits per heavy atom. The van der Waals surface area contributed by atoms with Crippen molar-refractivity contribution < 1.29 is 0 Å². The van der Waals surface area contributed by atoms with Crippen LogP contribution in [0.3, 0.4) is 0 Å². The van der Waals surface area contributed by atoms with Crippen LogP contribution in [-0.2, 0) is 0 Å². The first-order valence-corrected chi connectivity index (χ1v) is 7.33. The first-order valence-electron chi connectivity index (χ1n) is 7.33. The third-order valence-corrected chi connectivity index (χ3v) is 3.96. The molecule has 1 saturated heterocycles. The minimum atomic E-state index is 0.569. The lowest BCUT2D eigenvalue weighted by molar-refractivity contribution is 0.229. The fraction of sp³-hybridized carbons (Fsp3) is 0.471. The zero-order chi connectivity index (χ0) is 13.2. The van der Waals surface area contributed by atoms with Gasteiger partial charge in [0.15, 0.2) is 0 Å². The number of likely N-dealkylation sites (tertiary alicyclic amines) is 1. The number of para-hydroxylation sites is 1. The van der Waals surface area contributed by atoms with Gasteiger partial charge in [-0.1, -0.05) is 32.0 Å². The van der Waals surface area contributed by atoms with E-state index >= 15 is 0 Å². The van der Waals surface area contributed by atoms with Crippen LogP contribution < -0.4 is 0 Å². The Labute approximate surface area is 115 Å². The van der Waals surface area contributed by atoms with Gasteiger partial charge in [-0.25, -0.2) is 0 Å². The van der Waals surface area contributed by atoms with Gasteiger partial charge >= 0.3 is 0 Å². The summed E-state index contributed by atoms with van der Waals surface area (Å²) in [4.78, 5) is 7.23. The molecule has 2 nitrogen and oxygen atoms in total. The Balaban J connectivity index is 1.90. The highest BCUT2D eigenvalue weighted by Crippen LogP contribution is 2.33. The van der Waals surface area contributed by atoms with Gasteiger partial charge < -0.3 is 0 Å². The summed E-state index contributed by atoms with van der Waals surface area (Å²) in [5, 5.41) is 1.26. The maximum Gasteiger partial charge on any atom is 0.0702 e. The average Bonchev–Trinajstić information content (AvgIpc) is 2.85. The smallest absolute Gasteiger partial charge is 0.0702 e. The largest absolute Gasteiger partial charge is 0.296 e. The van der Waals surface area contributed by atoms with Crippen molar-refractivity contribution in [3.63, 3.8) is 0 Å². The van der Waals surface area contributed by atoms with Crippen LogP contribution in [0.25, 0.3) is 10.9 Å². The van der Waals surface area contributed by atoms with Crippen LogP contribution in [0.5, 0.6) is 0 Å². The van der Waals surface area contributed by atoms with Crippen LogP contribution in [0.1, 0.15) is 38.3 Å². The Kier molecular flexibility index (Phi) is 3.52. The van der Waals surface area contributed by atoms with E-state index in [1.54, 1.807) is 0 Å². The lowest BCUT2D eigenvalue weighted by atomic mass is 10.0. The molecule has 0 unspecified atom stereocenters. The fourth-order valence-corrected chi connectivity index (χ4v) is 3.16. The summed E-state index contributed by atoms with van der Waals surface area (Å²) in [7, 11) is 0. The van der Waals surface area contributed by atoms with Crippen LogP contribution in [0.2, 0.25) is 0 Å². The molecule has 1 aromatic carbocycles. The van der Waals surface area contributed by atoms with E-state index in [2.05, 4.69) is 60.3 Å². The number of aromatic nitrogens is 1. The predicted octanol–water partition coefficient (Wildman–Crippen LogP) is 4.03. The van der Waals surface area contributed by atoms with E-state index in [-0.39, 0.29) is 0 Å². The van der Waals surface area contributed by atoms with Crippen molar-refractivity contribution in [1.29, 1.82) is 0 Å². The van der Waals surface area contributed by atoms with Crippen molar-refractivity contribution in [3.05, 3.63) is 42.1 Å². The first-order chi connectivity index (χ1) is 9.24. The molecular weight excluding hydrogens is 232 g/mol. The molecule has 0 radical (unpaired) electrons. The summed E-state index contributed by atoms with van der Waals surface area (Å²) in [5.74, 6) is 0.731. The number of nitrogens with zero attached hydrogens (tertiary/aromatic N) is 2. The van der Waals surface area contributed by atoms with Gasteiger partial charge in [-0.3, -0.25) is 9.88 Å². The zero-order valence-corrected chi connectivity index (χ0v) is 11.8. The van der Waals surface area contributed by atoms with E-state index in [0.29, 0.717) is 6.04 Å². The maximum absolute atomic E-state index is 4.61. The number of hydrogen-bond donors (Lipinski definition) is 0. The summed E-state index contributed by atoms with van der Waals surface area (Å²) in [6, 6.07) is 11.3. The molecule has 100 valence electrons. The molecule has 0 amide bonds. The Morgan fingerprint density at radius 3 is 3.00 bits per heavy atom. The van der Waals surface area contributed by atoms with Gasteiger partial charge in [0.05, 0.1) is 5.52 Å². The minimum Gasteiger partial charge on any atom is -0.296 e. The summed E-state index contributed by atoms with van der Waals surface area (Å²) in [6.07, 6.45) is 4.66. The third kappa shape index (κ3) is 2.64. The quantitative estimate of drug-likeness (QED) is 0.822.